The van der Waals surface area contributed by atoms with Gasteiger partial charge in [-0.1, -0.05) is 23.2 Å². The zero-order valence-electron chi connectivity index (χ0n) is 11.3. The van der Waals surface area contributed by atoms with Gasteiger partial charge in [-0.05, 0) is 23.4 Å². The zero-order valence-corrected chi connectivity index (χ0v) is 12.8. The van der Waals surface area contributed by atoms with Crippen molar-refractivity contribution in [1.29, 1.82) is 0 Å². The van der Waals surface area contributed by atoms with Crippen molar-refractivity contribution in [2.45, 2.75) is 6.61 Å². The smallest absolute Gasteiger partial charge is 0.323 e. The minimum absolute atomic E-state index is 0.0237. The van der Waals surface area contributed by atoms with Crippen molar-refractivity contribution in [3.05, 3.63) is 34.1 Å². The second-order valence-electron chi connectivity index (χ2n) is 3.97. The topological polar surface area (TPSA) is 80.5 Å². The molecule has 0 radical (unpaired) electrons. The Hall–Kier alpha value is -1.99. The van der Waals surface area contributed by atoms with Crippen molar-refractivity contribution >= 4 is 35.2 Å². The van der Waals surface area contributed by atoms with Gasteiger partial charge in [0.2, 0.25) is 0 Å². The summed E-state index contributed by atoms with van der Waals surface area (Å²) in [6.07, 6.45) is 0. The lowest BCUT2D eigenvalue weighted by atomic mass is 10.3. The highest BCUT2D eigenvalue weighted by molar-refractivity contribution is 6.35. The monoisotopic (exact) mass is 330 g/mol. The number of rotatable bonds is 4. The van der Waals surface area contributed by atoms with E-state index in [9.17, 15) is 4.79 Å². The third-order valence-corrected chi connectivity index (χ3v) is 3.05. The van der Waals surface area contributed by atoms with Crippen LogP contribution in [0.2, 0.25) is 10.0 Å². The van der Waals surface area contributed by atoms with Crippen molar-refractivity contribution in [1.82, 2.24) is 15.5 Å². The maximum atomic E-state index is 11.4. The molecule has 0 bridgehead atoms. The Kier molecular flexibility index (Phi) is 4.87. The van der Waals surface area contributed by atoms with Gasteiger partial charge in [-0.2, -0.15) is 4.98 Å². The minimum atomic E-state index is -0.357. The molecule has 21 heavy (non-hydrogen) atoms. The molecular weight excluding hydrogens is 319 g/mol. The highest BCUT2D eigenvalue weighted by Gasteiger charge is 2.16. The second kappa shape index (κ2) is 6.64. The summed E-state index contributed by atoms with van der Waals surface area (Å²) in [7, 11) is 3.02. The molecule has 2 rings (SSSR count). The molecule has 0 unspecified atom stereocenters. The Bertz CT molecular complexity index is 647. The van der Waals surface area contributed by atoms with E-state index >= 15 is 0 Å². The lowest BCUT2D eigenvalue weighted by Crippen LogP contribution is -2.35. The molecule has 0 atom stereocenters. The van der Waals surface area contributed by atoms with Crippen LogP contribution in [0.4, 0.5) is 10.7 Å². The summed E-state index contributed by atoms with van der Waals surface area (Å²) < 4.78 is 10.4. The molecule has 0 saturated heterocycles. The number of amides is 2. The molecule has 0 aliphatic heterocycles. The van der Waals surface area contributed by atoms with Crippen LogP contribution in [-0.2, 0) is 6.61 Å². The van der Waals surface area contributed by atoms with Gasteiger partial charge in [-0.15, -0.1) is 0 Å². The summed E-state index contributed by atoms with van der Waals surface area (Å²) >= 11 is 11.8. The summed E-state index contributed by atoms with van der Waals surface area (Å²) in [6.45, 7) is 0.0237. The van der Waals surface area contributed by atoms with E-state index in [4.69, 9.17) is 32.5 Å². The SMILES string of the molecule is CNC(=O)N(C)c1noc(COc2ccc(Cl)cc2Cl)n1. The molecule has 1 N–H and O–H groups in total. The standard InChI is InChI=1S/C12H12Cl2N4O3/c1-15-12(19)18(2)11-16-10(21-17-11)6-20-9-4-3-7(13)5-8(9)14/h3-5H,6H2,1-2H3,(H,15,19). The normalized spacial score (nSPS) is 10.3. The average Bonchev–Trinajstić information content (AvgIpc) is 2.93. The number of urea groups is 1. The van der Waals surface area contributed by atoms with E-state index in [1.54, 1.807) is 18.2 Å². The molecular formula is C12H12Cl2N4O3. The first kappa shape index (κ1) is 15.4. The summed E-state index contributed by atoms with van der Waals surface area (Å²) in [4.78, 5) is 16.7. The quantitative estimate of drug-likeness (QED) is 0.932. The van der Waals surface area contributed by atoms with E-state index in [1.165, 1.54) is 19.0 Å². The highest BCUT2D eigenvalue weighted by atomic mass is 35.5. The van der Waals surface area contributed by atoms with E-state index in [1.807, 2.05) is 0 Å². The number of hydrogen-bond acceptors (Lipinski definition) is 5. The average molecular weight is 331 g/mol. The van der Waals surface area contributed by atoms with Gasteiger partial charge < -0.3 is 14.6 Å². The van der Waals surface area contributed by atoms with Gasteiger partial charge in [0.05, 0.1) is 5.02 Å². The van der Waals surface area contributed by atoms with Crippen LogP contribution in [0.25, 0.3) is 0 Å². The molecule has 9 heteroatoms. The summed E-state index contributed by atoms with van der Waals surface area (Å²) in [5, 5.41) is 7.02. The Balaban J connectivity index is 2.01. The third kappa shape index (κ3) is 3.77. The highest BCUT2D eigenvalue weighted by Crippen LogP contribution is 2.28. The van der Waals surface area contributed by atoms with E-state index in [0.29, 0.717) is 15.8 Å². The van der Waals surface area contributed by atoms with Gasteiger partial charge in [0.25, 0.3) is 11.8 Å². The summed E-state index contributed by atoms with van der Waals surface area (Å²) in [5.41, 5.74) is 0. The van der Waals surface area contributed by atoms with Gasteiger partial charge in [0.1, 0.15) is 5.75 Å². The van der Waals surface area contributed by atoms with Crippen molar-refractivity contribution in [2.75, 3.05) is 19.0 Å². The van der Waals surface area contributed by atoms with Crippen LogP contribution in [0.15, 0.2) is 22.7 Å². The van der Waals surface area contributed by atoms with E-state index in [-0.39, 0.29) is 24.5 Å². The van der Waals surface area contributed by atoms with Crippen LogP contribution >= 0.6 is 23.2 Å². The lowest BCUT2D eigenvalue weighted by molar-refractivity contribution is 0.242. The molecule has 1 aromatic carbocycles. The van der Waals surface area contributed by atoms with Crippen LogP contribution < -0.4 is 15.0 Å². The minimum Gasteiger partial charge on any atom is -0.482 e. The Morgan fingerprint density at radius 1 is 1.48 bits per heavy atom. The summed E-state index contributed by atoms with van der Waals surface area (Å²) in [5.74, 6) is 0.794. The first-order valence-corrected chi connectivity index (χ1v) is 6.62. The van der Waals surface area contributed by atoms with E-state index < -0.39 is 0 Å². The number of benzene rings is 1. The summed E-state index contributed by atoms with van der Waals surface area (Å²) in [6, 6.07) is 4.50. The first-order chi connectivity index (χ1) is 10.0. The molecule has 1 heterocycles. The molecule has 7 nitrogen and oxygen atoms in total. The number of nitrogens with zero attached hydrogens (tertiary/aromatic N) is 3. The molecule has 0 fully saturated rings. The molecule has 0 aliphatic carbocycles. The molecule has 1 aromatic heterocycles. The van der Waals surface area contributed by atoms with Crippen molar-refractivity contribution in [3.8, 4) is 5.75 Å². The number of anilines is 1. The number of halogens is 2. The van der Waals surface area contributed by atoms with Gasteiger partial charge >= 0.3 is 6.03 Å². The van der Waals surface area contributed by atoms with Crippen LogP contribution in [-0.4, -0.2) is 30.3 Å². The molecule has 2 amide bonds. The van der Waals surface area contributed by atoms with Gasteiger partial charge in [0, 0.05) is 19.1 Å². The second-order valence-corrected chi connectivity index (χ2v) is 4.81. The van der Waals surface area contributed by atoms with Crippen molar-refractivity contribution in [2.24, 2.45) is 0 Å². The van der Waals surface area contributed by atoms with E-state index in [2.05, 4.69) is 15.5 Å². The number of carbonyl (C=O) groups is 1. The Morgan fingerprint density at radius 2 is 2.24 bits per heavy atom. The number of hydrogen-bond donors (Lipinski definition) is 1. The predicted octanol–water partition coefficient (Wildman–Crippen LogP) is 2.73. The van der Waals surface area contributed by atoms with Crippen LogP contribution in [0.5, 0.6) is 5.75 Å². The maximum absolute atomic E-state index is 11.4. The molecule has 112 valence electrons. The Labute approximate surface area is 130 Å². The maximum Gasteiger partial charge on any atom is 0.323 e. The van der Waals surface area contributed by atoms with Crippen molar-refractivity contribution < 1.29 is 14.1 Å². The van der Waals surface area contributed by atoms with Crippen LogP contribution in [0.1, 0.15) is 5.89 Å². The molecule has 0 aliphatic rings. The number of ether oxygens (including phenoxy) is 1. The lowest BCUT2D eigenvalue weighted by Gasteiger charge is -2.10. The zero-order chi connectivity index (χ0) is 15.4. The largest absolute Gasteiger partial charge is 0.482 e. The van der Waals surface area contributed by atoms with Crippen molar-refractivity contribution in [3.63, 3.8) is 0 Å². The predicted molar refractivity (Wildman–Crippen MR) is 78.0 cm³/mol. The molecule has 2 aromatic rings. The van der Waals surface area contributed by atoms with Gasteiger partial charge in [0.15, 0.2) is 6.61 Å². The number of aromatic nitrogens is 2. The Morgan fingerprint density at radius 3 is 2.90 bits per heavy atom. The number of nitrogens with one attached hydrogen (secondary N) is 1. The fraction of sp³-hybridized carbons (Fsp3) is 0.250. The number of carbonyl (C=O) groups excluding carboxylic acids is 1. The fourth-order valence-electron chi connectivity index (χ4n) is 1.43. The molecule has 0 saturated carbocycles. The fourth-order valence-corrected chi connectivity index (χ4v) is 1.89. The van der Waals surface area contributed by atoms with Crippen LogP contribution in [0.3, 0.4) is 0 Å². The van der Waals surface area contributed by atoms with Gasteiger partial charge in [-0.25, -0.2) is 4.79 Å². The molecule has 0 spiro atoms. The third-order valence-electron chi connectivity index (χ3n) is 2.52. The van der Waals surface area contributed by atoms with Gasteiger partial charge in [-0.3, -0.25) is 4.90 Å². The van der Waals surface area contributed by atoms with E-state index in [0.717, 1.165) is 0 Å². The van der Waals surface area contributed by atoms with Crippen LogP contribution in [0, 0.1) is 0 Å². The first-order valence-electron chi connectivity index (χ1n) is 5.87.